The molecule has 1 aromatic rings. The zero-order valence-corrected chi connectivity index (χ0v) is 8.84. The van der Waals surface area contributed by atoms with Gasteiger partial charge in [-0.2, -0.15) is 0 Å². The van der Waals surface area contributed by atoms with Crippen LogP contribution >= 0.6 is 0 Å². The first kappa shape index (κ1) is 11.4. The van der Waals surface area contributed by atoms with Crippen molar-refractivity contribution in [3.8, 4) is 0 Å². The monoisotopic (exact) mass is 209 g/mol. The average Bonchev–Trinajstić information content (AvgIpc) is 2.17. The number of nitrogens with one attached hydrogen (secondary N) is 1. The molecule has 0 radical (unpaired) electrons. The molecule has 2 N–H and O–H groups in total. The van der Waals surface area contributed by atoms with Crippen LogP contribution in [0.4, 0.5) is 5.95 Å². The van der Waals surface area contributed by atoms with Crippen LogP contribution in [0.5, 0.6) is 0 Å². The Labute approximate surface area is 88.6 Å². The predicted molar refractivity (Wildman–Crippen MR) is 56.5 cm³/mol. The van der Waals surface area contributed by atoms with E-state index in [2.05, 4.69) is 15.3 Å². The zero-order valence-electron chi connectivity index (χ0n) is 8.84. The maximum atomic E-state index is 10.6. The number of rotatable bonds is 5. The molecule has 1 rings (SSSR count). The van der Waals surface area contributed by atoms with Gasteiger partial charge < -0.3 is 10.4 Å². The van der Waals surface area contributed by atoms with Crippen molar-refractivity contribution < 1.29 is 9.90 Å². The fourth-order valence-corrected chi connectivity index (χ4v) is 1.18. The summed E-state index contributed by atoms with van der Waals surface area (Å²) in [7, 11) is 0. The molecule has 1 unspecified atom stereocenters. The van der Waals surface area contributed by atoms with Gasteiger partial charge in [0, 0.05) is 18.4 Å². The highest BCUT2D eigenvalue weighted by atomic mass is 16.4. The Morgan fingerprint density at radius 1 is 1.47 bits per heavy atom. The van der Waals surface area contributed by atoms with Crippen LogP contribution in [0.15, 0.2) is 18.5 Å². The molecule has 1 atom stereocenters. The van der Waals surface area contributed by atoms with Crippen LogP contribution in [0.1, 0.15) is 20.3 Å². The average molecular weight is 209 g/mol. The minimum Gasteiger partial charge on any atom is -0.481 e. The SMILES string of the molecule is CC(C)C(CC(=O)O)Nc1ncccn1. The van der Waals surface area contributed by atoms with E-state index < -0.39 is 5.97 Å². The second-order valence-electron chi connectivity index (χ2n) is 3.67. The summed E-state index contributed by atoms with van der Waals surface area (Å²) in [6, 6.07) is 1.57. The van der Waals surface area contributed by atoms with Gasteiger partial charge in [-0.05, 0) is 12.0 Å². The van der Waals surface area contributed by atoms with Crippen LogP contribution in [-0.4, -0.2) is 27.1 Å². The maximum absolute atomic E-state index is 10.6. The molecular weight excluding hydrogens is 194 g/mol. The highest BCUT2D eigenvalue weighted by Crippen LogP contribution is 2.11. The van der Waals surface area contributed by atoms with Crippen molar-refractivity contribution >= 4 is 11.9 Å². The van der Waals surface area contributed by atoms with E-state index in [9.17, 15) is 4.79 Å². The van der Waals surface area contributed by atoms with Gasteiger partial charge in [0.25, 0.3) is 0 Å². The fraction of sp³-hybridized carbons (Fsp3) is 0.500. The van der Waals surface area contributed by atoms with Gasteiger partial charge >= 0.3 is 5.97 Å². The van der Waals surface area contributed by atoms with Crippen molar-refractivity contribution in [3.63, 3.8) is 0 Å². The smallest absolute Gasteiger partial charge is 0.305 e. The maximum Gasteiger partial charge on any atom is 0.305 e. The van der Waals surface area contributed by atoms with E-state index in [0.717, 1.165) is 0 Å². The Kier molecular flexibility index (Phi) is 4.03. The molecule has 0 aliphatic rings. The summed E-state index contributed by atoms with van der Waals surface area (Å²) >= 11 is 0. The number of carbonyl (C=O) groups is 1. The molecule has 82 valence electrons. The lowest BCUT2D eigenvalue weighted by atomic mass is 10.0. The topological polar surface area (TPSA) is 75.1 Å². The van der Waals surface area contributed by atoms with Crippen molar-refractivity contribution in [1.29, 1.82) is 0 Å². The minimum absolute atomic E-state index is 0.0654. The lowest BCUT2D eigenvalue weighted by Gasteiger charge is -2.20. The van der Waals surface area contributed by atoms with Crippen LogP contribution in [0, 0.1) is 5.92 Å². The van der Waals surface area contributed by atoms with Gasteiger partial charge in [-0.15, -0.1) is 0 Å². The van der Waals surface area contributed by atoms with Gasteiger partial charge in [0.1, 0.15) is 0 Å². The molecule has 0 saturated heterocycles. The van der Waals surface area contributed by atoms with Crippen molar-refractivity contribution in [1.82, 2.24) is 9.97 Å². The number of hydrogen-bond donors (Lipinski definition) is 2. The second kappa shape index (κ2) is 5.29. The first-order valence-corrected chi connectivity index (χ1v) is 4.85. The highest BCUT2D eigenvalue weighted by molar-refractivity contribution is 5.68. The molecule has 0 fully saturated rings. The van der Waals surface area contributed by atoms with Gasteiger partial charge in [0.15, 0.2) is 0 Å². The number of carboxylic acids is 1. The first-order valence-electron chi connectivity index (χ1n) is 4.85. The molecule has 15 heavy (non-hydrogen) atoms. The summed E-state index contributed by atoms with van der Waals surface area (Å²) in [4.78, 5) is 18.6. The first-order chi connectivity index (χ1) is 7.09. The van der Waals surface area contributed by atoms with Crippen LogP contribution in [0.3, 0.4) is 0 Å². The number of carboxylic acid groups (broad SMARTS) is 1. The predicted octanol–water partition coefficient (Wildman–Crippen LogP) is 1.39. The molecule has 0 amide bonds. The number of aromatic nitrogens is 2. The van der Waals surface area contributed by atoms with Gasteiger partial charge in [-0.25, -0.2) is 9.97 Å². The van der Waals surface area contributed by atoms with Crippen LogP contribution < -0.4 is 5.32 Å². The molecule has 0 saturated carbocycles. The third kappa shape index (κ3) is 3.93. The number of nitrogens with zero attached hydrogens (tertiary/aromatic N) is 2. The molecule has 0 aliphatic heterocycles. The molecule has 0 aromatic carbocycles. The largest absolute Gasteiger partial charge is 0.481 e. The van der Waals surface area contributed by atoms with Gasteiger partial charge in [0.05, 0.1) is 6.42 Å². The standard InChI is InChI=1S/C10H15N3O2/c1-7(2)8(6-9(14)15)13-10-11-4-3-5-12-10/h3-5,7-8H,6H2,1-2H3,(H,14,15)(H,11,12,13). The van der Waals surface area contributed by atoms with Crippen LogP contribution in [0.25, 0.3) is 0 Å². The molecule has 1 aromatic heterocycles. The Hall–Kier alpha value is -1.65. The normalized spacial score (nSPS) is 12.5. The van der Waals surface area contributed by atoms with E-state index in [4.69, 9.17) is 5.11 Å². The third-order valence-corrected chi connectivity index (χ3v) is 2.08. The molecule has 5 nitrogen and oxygen atoms in total. The van der Waals surface area contributed by atoms with Gasteiger partial charge in [-0.1, -0.05) is 13.8 Å². The highest BCUT2D eigenvalue weighted by Gasteiger charge is 2.17. The van der Waals surface area contributed by atoms with Crippen molar-refractivity contribution in [2.24, 2.45) is 5.92 Å². The van der Waals surface area contributed by atoms with Crippen LogP contribution in [0.2, 0.25) is 0 Å². The van der Waals surface area contributed by atoms with Crippen molar-refractivity contribution in [2.75, 3.05) is 5.32 Å². The van der Waals surface area contributed by atoms with Gasteiger partial charge in [0.2, 0.25) is 5.95 Å². The van der Waals surface area contributed by atoms with E-state index >= 15 is 0 Å². The lowest BCUT2D eigenvalue weighted by Crippen LogP contribution is -2.29. The lowest BCUT2D eigenvalue weighted by molar-refractivity contribution is -0.137. The molecule has 0 bridgehead atoms. The van der Waals surface area contributed by atoms with E-state index in [1.807, 2.05) is 13.8 Å². The van der Waals surface area contributed by atoms with E-state index in [1.165, 1.54) is 0 Å². The van der Waals surface area contributed by atoms with E-state index in [1.54, 1.807) is 18.5 Å². The number of hydrogen-bond acceptors (Lipinski definition) is 4. The van der Waals surface area contributed by atoms with E-state index in [0.29, 0.717) is 5.95 Å². The number of anilines is 1. The Morgan fingerprint density at radius 3 is 2.53 bits per heavy atom. The fourth-order valence-electron chi connectivity index (χ4n) is 1.18. The second-order valence-corrected chi connectivity index (χ2v) is 3.67. The van der Waals surface area contributed by atoms with Gasteiger partial charge in [-0.3, -0.25) is 4.79 Å². The zero-order chi connectivity index (χ0) is 11.3. The van der Waals surface area contributed by atoms with Crippen molar-refractivity contribution in [2.45, 2.75) is 26.3 Å². The molecule has 5 heteroatoms. The third-order valence-electron chi connectivity index (χ3n) is 2.08. The molecular formula is C10H15N3O2. The molecule has 0 aliphatic carbocycles. The summed E-state index contributed by atoms with van der Waals surface area (Å²) in [5.41, 5.74) is 0. The molecule has 1 heterocycles. The Morgan fingerprint density at radius 2 is 2.07 bits per heavy atom. The van der Waals surface area contributed by atoms with Crippen molar-refractivity contribution in [3.05, 3.63) is 18.5 Å². The van der Waals surface area contributed by atoms with E-state index in [-0.39, 0.29) is 18.4 Å². The minimum atomic E-state index is -0.822. The Balaban J connectivity index is 2.63. The molecule has 0 spiro atoms. The summed E-state index contributed by atoms with van der Waals surface area (Å²) in [5, 5.41) is 11.7. The number of aliphatic carboxylic acids is 1. The summed E-state index contributed by atoms with van der Waals surface area (Å²) in [5.74, 6) is -0.139. The quantitative estimate of drug-likeness (QED) is 0.766. The Bertz CT molecular complexity index is 314. The summed E-state index contributed by atoms with van der Waals surface area (Å²) in [6.45, 7) is 3.92. The summed E-state index contributed by atoms with van der Waals surface area (Å²) < 4.78 is 0. The summed E-state index contributed by atoms with van der Waals surface area (Å²) in [6.07, 6.45) is 3.30. The van der Waals surface area contributed by atoms with Crippen LogP contribution in [-0.2, 0) is 4.79 Å².